The van der Waals surface area contributed by atoms with E-state index in [-0.39, 0.29) is 0 Å². The Morgan fingerprint density at radius 1 is 1.67 bits per heavy atom. The quantitative estimate of drug-likeness (QED) is 0.594. The second-order valence-electron chi connectivity index (χ2n) is 2.20. The maximum absolute atomic E-state index is 5.48. The average Bonchev–Trinajstić information content (AvgIpc) is 2.34. The van der Waals surface area contributed by atoms with Gasteiger partial charge in [-0.15, -0.1) is 11.6 Å². The molecule has 0 bridgehead atoms. The van der Waals surface area contributed by atoms with Crippen LogP contribution in [0.3, 0.4) is 0 Å². The molecule has 0 aliphatic carbocycles. The largest absolute Gasteiger partial charge is 0.380 e. The van der Waals surface area contributed by atoms with Crippen LogP contribution in [0.5, 0.6) is 0 Å². The van der Waals surface area contributed by atoms with Gasteiger partial charge < -0.3 is 10.1 Å². The lowest BCUT2D eigenvalue weighted by Gasteiger charge is -2.06. The van der Waals surface area contributed by atoms with E-state index in [1.54, 1.807) is 0 Å². The Hall–Kier alpha value is 0.210. The molecule has 1 aliphatic rings. The van der Waals surface area contributed by atoms with Gasteiger partial charge in [0.05, 0.1) is 6.61 Å². The molecule has 1 rings (SSSR count). The van der Waals surface area contributed by atoms with Gasteiger partial charge >= 0.3 is 0 Å². The first-order valence-electron chi connectivity index (χ1n) is 3.30. The maximum Gasteiger partial charge on any atom is 0.0620 e. The van der Waals surface area contributed by atoms with Crippen LogP contribution in [0.2, 0.25) is 0 Å². The summed E-state index contributed by atoms with van der Waals surface area (Å²) < 4.78 is 5.15. The number of hydrogen-bond donors (Lipinski definition) is 1. The summed E-state index contributed by atoms with van der Waals surface area (Å²) in [5.41, 5.74) is 0. The second-order valence-corrected chi connectivity index (χ2v) is 2.58. The Bertz CT molecular complexity index is 73.5. The molecular formula is C6H12ClNO. The zero-order valence-corrected chi connectivity index (χ0v) is 6.16. The molecule has 1 unspecified atom stereocenters. The van der Waals surface area contributed by atoms with Crippen molar-refractivity contribution in [1.82, 2.24) is 5.32 Å². The van der Waals surface area contributed by atoms with E-state index < -0.39 is 0 Å². The van der Waals surface area contributed by atoms with Crippen molar-refractivity contribution in [2.45, 2.75) is 12.5 Å². The third-order valence-electron chi connectivity index (χ3n) is 1.46. The Labute approximate surface area is 60.5 Å². The lowest BCUT2D eigenvalue weighted by molar-refractivity contribution is 0.190. The predicted octanol–water partition coefficient (Wildman–Crippen LogP) is 0.604. The first-order valence-corrected chi connectivity index (χ1v) is 3.84. The molecule has 2 nitrogen and oxygen atoms in total. The molecule has 1 heterocycles. The van der Waals surface area contributed by atoms with Gasteiger partial charge in [0.25, 0.3) is 0 Å². The van der Waals surface area contributed by atoms with Crippen molar-refractivity contribution in [2.75, 3.05) is 25.6 Å². The van der Waals surface area contributed by atoms with Gasteiger partial charge in [0, 0.05) is 25.1 Å². The zero-order valence-electron chi connectivity index (χ0n) is 5.40. The number of hydrogen-bond acceptors (Lipinski definition) is 2. The third kappa shape index (κ3) is 2.52. The summed E-state index contributed by atoms with van der Waals surface area (Å²) in [6, 6.07) is 0.559. The van der Waals surface area contributed by atoms with Gasteiger partial charge in [0.1, 0.15) is 0 Å². The minimum absolute atomic E-state index is 0.559. The van der Waals surface area contributed by atoms with Crippen molar-refractivity contribution in [1.29, 1.82) is 0 Å². The number of ether oxygens (including phenoxy) is 1. The van der Waals surface area contributed by atoms with Gasteiger partial charge in [-0.05, 0) is 6.42 Å². The monoisotopic (exact) mass is 149 g/mol. The summed E-state index contributed by atoms with van der Waals surface area (Å²) in [5.74, 6) is 0.691. The van der Waals surface area contributed by atoms with E-state index in [1.807, 2.05) is 0 Å². The Kier molecular flexibility index (Phi) is 3.33. The van der Waals surface area contributed by atoms with Gasteiger partial charge in [0.2, 0.25) is 0 Å². The molecule has 0 saturated carbocycles. The topological polar surface area (TPSA) is 21.3 Å². The first kappa shape index (κ1) is 7.32. The van der Waals surface area contributed by atoms with Crippen LogP contribution >= 0.6 is 11.6 Å². The van der Waals surface area contributed by atoms with Gasteiger partial charge in [-0.25, -0.2) is 0 Å². The molecule has 0 aromatic carbocycles. The van der Waals surface area contributed by atoms with Crippen LogP contribution in [0.4, 0.5) is 0 Å². The van der Waals surface area contributed by atoms with Crippen molar-refractivity contribution in [3.63, 3.8) is 0 Å². The highest BCUT2D eigenvalue weighted by atomic mass is 35.5. The van der Waals surface area contributed by atoms with Crippen LogP contribution in [-0.4, -0.2) is 31.7 Å². The summed E-state index contributed by atoms with van der Waals surface area (Å²) in [4.78, 5) is 0. The summed E-state index contributed by atoms with van der Waals surface area (Å²) in [5, 5.41) is 3.27. The Morgan fingerprint density at radius 3 is 3.11 bits per heavy atom. The first-order chi connectivity index (χ1) is 4.43. The minimum atomic E-state index is 0.559. The van der Waals surface area contributed by atoms with Crippen LogP contribution < -0.4 is 5.32 Å². The second kappa shape index (κ2) is 4.09. The smallest absolute Gasteiger partial charge is 0.0620 e. The maximum atomic E-state index is 5.48. The van der Waals surface area contributed by atoms with Crippen molar-refractivity contribution < 1.29 is 4.74 Å². The fourth-order valence-corrected chi connectivity index (χ4v) is 1.06. The predicted molar refractivity (Wildman–Crippen MR) is 37.9 cm³/mol. The van der Waals surface area contributed by atoms with Crippen LogP contribution in [0.15, 0.2) is 0 Å². The number of halogens is 1. The van der Waals surface area contributed by atoms with E-state index in [2.05, 4.69) is 5.32 Å². The van der Waals surface area contributed by atoms with E-state index >= 15 is 0 Å². The van der Waals surface area contributed by atoms with Gasteiger partial charge in [-0.3, -0.25) is 0 Å². The van der Waals surface area contributed by atoms with Crippen LogP contribution in [0.1, 0.15) is 6.42 Å². The summed E-state index contributed by atoms with van der Waals surface area (Å²) >= 11 is 5.48. The highest BCUT2D eigenvalue weighted by Gasteiger charge is 2.13. The SMILES string of the molecule is ClCCNC1CCOC1. The lowest BCUT2D eigenvalue weighted by Crippen LogP contribution is -2.30. The molecular weight excluding hydrogens is 138 g/mol. The van der Waals surface area contributed by atoms with E-state index in [0.717, 1.165) is 26.2 Å². The molecule has 0 spiro atoms. The van der Waals surface area contributed by atoms with Gasteiger partial charge in [0.15, 0.2) is 0 Å². The average molecular weight is 150 g/mol. The van der Waals surface area contributed by atoms with E-state index in [9.17, 15) is 0 Å². The molecule has 9 heavy (non-hydrogen) atoms. The molecule has 1 saturated heterocycles. The molecule has 3 heteroatoms. The minimum Gasteiger partial charge on any atom is -0.380 e. The van der Waals surface area contributed by atoms with E-state index in [4.69, 9.17) is 16.3 Å². The molecule has 1 fully saturated rings. The van der Waals surface area contributed by atoms with Crippen LogP contribution in [0, 0.1) is 0 Å². The van der Waals surface area contributed by atoms with Gasteiger partial charge in [-0.2, -0.15) is 0 Å². The molecule has 0 amide bonds. The summed E-state index contributed by atoms with van der Waals surface area (Å²) in [6.45, 7) is 2.66. The molecule has 1 aliphatic heterocycles. The molecule has 0 radical (unpaired) electrons. The van der Waals surface area contributed by atoms with Crippen LogP contribution in [-0.2, 0) is 4.74 Å². The van der Waals surface area contributed by atoms with Crippen LogP contribution in [0.25, 0.3) is 0 Å². The zero-order chi connectivity index (χ0) is 6.53. The number of alkyl halides is 1. The molecule has 0 aromatic heterocycles. The van der Waals surface area contributed by atoms with Crippen molar-refractivity contribution >= 4 is 11.6 Å². The lowest BCUT2D eigenvalue weighted by atomic mass is 10.3. The fraction of sp³-hybridized carbons (Fsp3) is 1.00. The molecule has 0 aromatic rings. The third-order valence-corrected chi connectivity index (χ3v) is 1.65. The highest BCUT2D eigenvalue weighted by molar-refractivity contribution is 6.18. The summed E-state index contributed by atoms with van der Waals surface area (Å²) in [7, 11) is 0. The Morgan fingerprint density at radius 2 is 2.56 bits per heavy atom. The normalized spacial score (nSPS) is 27.0. The Balaban J connectivity index is 1.98. The fourth-order valence-electron chi connectivity index (χ4n) is 0.954. The molecule has 54 valence electrons. The van der Waals surface area contributed by atoms with Crippen molar-refractivity contribution in [3.05, 3.63) is 0 Å². The molecule has 1 atom stereocenters. The summed E-state index contributed by atoms with van der Waals surface area (Å²) in [6.07, 6.45) is 1.14. The van der Waals surface area contributed by atoms with Crippen molar-refractivity contribution in [2.24, 2.45) is 0 Å². The van der Waals surface area contributed by atoms with E-state index in [0.29, 0.717) is 11.9 Å². The standard InChI is InChI=1S/C6H12ClNO/c7-2-3-8-6-1-4-9-5-6/h6,8H,1-5H2. The number of rotatable bonds is 3. The number of nitrogens with one attached hydrogen (secondary N) is 1. The molecule has 1 N–H and O–H groups in total. The van der Waals surface area contributed by atoms with E-state index in [1.165, 1.54) is 0 Å². The van der Waals surface area contributed by atoms with Crippen molar-refractivity contribution in [3.8, 4) is 0 Å². The van der Waals surface area contributed by atoms with Gasteiger partial charge in [-0.1, -0.05) is 0 Å². The highest BCUT2D eigenvalue weighted by Crippen LogP contribution is 2.02.